The summed E-state index contributed by atoms with van der Waals surface area (Å²) in [6.45, 7) is 3.82. The molecule has 8 nitrogen and oxygen atoms in total. The first-order chi connectivity index (χ1) is 16.0. The van der Waals surface area contributed by atoms with E-state index in [0.717, 1.165) is 28.0 Å². The molecule has 0 aliphatic rings. The molecule has 0 amide bonds. The molecule has 0 bridgehead atoms. The van der Waals surface area contributed by atoms with Gasteiger partial charge in [-0.2, -0.15) is 4.99 Å². The van der Waals surface area contributed by atoms with E-state index in [1.165, 1.54) is 0 Å². The molecular weight excluding hydrogens is 434 g/mol. The monoisotopic (exact) mass is 457 g/mol. The molecule has 0 spiro atoms. The number of benzene rings is 2. The molecule has 0 fully saturated rings. The highest BCUT2D eigenvalue weighted by Crippen LogP contribution is 2.23. The van der Waals surface area contributed by atoms with Crippen LogP contribution in [0.5, 0.6) is 5.75 Å². The minimum atomic E-state index is 0.229. The fourth-order valence-electron chi connectivity index (χ4n) is 3.24. The number of rotatable bonds is 4. The maximum Gasteiger partial charge on any atom is 0.229 e. The van der Waals surface area contributed by atoms with Crippen LogP contribution in [0.25, 0.3) is 10.9 Å². The van der Waals surface area contributed by atoms with Gasteiger partial charge in [-0.3, -0.25) is 10.3 Å². The van der Waals surface area contributed by atoms with Crippen LogP contribution in [0.4, 0.5) is 17.3 Å². The molecule has 0 atom stereocenters. The third-order valence-electron chi connectivity index (χ3n) is 4.63. The van der Waals surface area contributed by atoms with Gasteiger partial charge in [-0.1, -0.05) is 30.3 Å². The minimum absolute atomic E-state index is 0.229. The summed E-state index contributed by atoms with van der Waals surface area (Å²) in [6.07, 6.45) is 1.73. The van der Waals surface area contributed by atoms with E-state index in [0.29, 0.717) is 23.3 Å². The van der Waals surface area contributed by atoms with Crippen molar-refractivity contribution in [1.82, 2.24) is 15.0 Å². The van der Waals surface area contributed by atoms with E-state index in [2.05, 4.69) is 35.9 Å². The fourth-order valence-corrected chi connectivity index (χ4v) is 3.44. The normalized spacial score (nSPS) is 11.2. The molecule has 166 valence electrons. The number of nitrogens with zero attached hydrogens (tertiary/aromatic N) is 4. The molecule has 3 N–H and O–H groups in total. The minimum Gasteiger partial charge on any atom is -0.495 e. The summed E-state index contributed by atoms with van der Waals surface area (Å²) in [5.74, 6) is 1.42. The van der Waals surface area contributed by atoms with E-state index in [1.54, 1.807) is 13.3 Å². The number of nitrogens with one attached hydrogen (secondary N) is 3. The SMILES string of the molecule is COc1ccccc1NC(=S)/N=C(/Nc1cnc2ccccc2c1)Nc1nc(C)cc(C)n1. The van der Waals surface area contributed by atoms with Gasteiger partial charge in [-0.15, -0.1) is 0 Å². The Kier molecular flexibility index (Phi) is 6.70. The van der Waals surface area contributed by atoms with Gasteiger partial charge in [0.25, 0.3) is 0 Å². The van der Waals surface area contributed by atoms with Crippen molar-refractivity contribution in [3.63, 3.8) is 0 Å². The van der Waals surface area contributed by atoms with Gasteiger partial charge in [0.1, 0.15) is 5.75 Å². The van der Waals surface area contributed by atoms with Crippen LogP contribution in [-0.2, 0) is 0 Å². The molecule has 4 aromatic rings. The summed E-state index contributed by atoms with van der Waals surface area (Å²) < 4.78 is 5.38. The number of aliphatic imine (C=N–C) groups is 1. The van der Waals surface area contributed by atoms with Gasteiger partial charge in [0, 0.05) is 16.8 Å². The Labute approximate surface area is 197 Å². The number of thiocarbonyl (C=S) groups is 1. The van der Waals surface area contributed by atoms with E-state index >= 15 is 0 Å². The topological polar surface area (TPSA) is 96.3 Å². The highest BCUT2D eigenvalue weighted by atomic mass is 32.1. The Morgan fingerprint density at radius 2 is 1.64 bits per heavy atom. The molecule has 2 aromatic carbocycles. The van der Waals surface area contributed by atoms with Crippen molar-refractivity contribution < 1.29 is 4.74 Å². The molecule has 0 saturated carbocycles. The molecule has 0 aliphatic heterocycles. The molecule has 2 aromatic heterocycles. The van der Waals surface area contributed by atoms with Gasteiger partial charge >= 0.3 is 0 Å². The van der Waals surface area contributed by atoms with Crippen LogP contribution in [0.1, 0.15) is 11.4 Å². The Hall–Kier alpha value is -4.11. The van der Waals surface area contributed by atoms with Crippen molar-refractivity contribution in [2.45, 2.75) is 13.8 Å². The van der Waals surface area contributed by atoms with Gasteiger partial charge in [-0.25, -0.2) is 9.97 Å². The number of aryl methyl sites for hydroxylation is 2. The van der Waals surface area contributed by atoms with Crippen LogP contribution in [-0.4, -0.2) is 33.1 Å². The third kappa shape index (κ3) is 5.78. The molecule has 2 heterocycles. The lowest BCUT2D eigenvalue weighted by molar-refractivity contribution is 0.417. The quantitative estimate of drug-likeness (QED) is 0.226. The predicted octanol–water partition coefficient (Wildman–Crippen LogP) is 4.93. The van der Waals surface area contributed by atoms with Crippen LogP contribution >= 0.6 is 12.2 Å². The number of methoxy groups -OCH3 is 1. The van der Waals surface area contributed by atoms with Gasteiger partial charge in [0.2, 0.25) is 17.0 Å². The molecule has 0 saturated heterocycles. The second-order valence-corrected chi connectivity index (χ2v) is 7.62. The van der Waals surface area contributed by atoms with Gasteiger partial charge in [0.15, 0.2) is 0 Å². The molecule has 0 unspecified atom stereocenters. The third-order valence-corrected chi connectivity index (χ3v) is 4.82. The lowest BCUT2D eigenvalue weighted by atomic mass is 10.2. The van der Waals surface area contributed by atoms with E-state index in [-0.39, 0.29) is 5.11 Å². The summed E-state index contributed by atoms with van der Waals surface area (Å²) in [4.78, 5) is 17.9. The fraction of sp³-hybridized carbons (Fsp3) is 0.125. The van der Waals surface area contributed by atoms with Crippen molar-refractivity contribution in [3.05, 3.63) is 78.2 Å². The predicted molar refractivity (Wildman–Crippen MR) is 137 cm³/mol. The summed E-state index contributed by atoms with van der Waals surface area (Å²) in [6, 6.07) is 19.2. The molecule has 0 radical (unpaired) electrons. The second kappa shape index (κ2) is 10.0. The Morgan fingerprint density at radius 1 is 0.909 bits per heavy atom. The molecule has 0 aliphatic carbocycles. The number of pyridine rings is 1. The van der Waals surface area contributed by atoms with Gasteiger partial charge in [0.05, 0.1) is 30.2 Å². The Morgan fingerprint density at radius 3 is 2.42 bits per heavy atom. The Bertz CT molecular complexity index is 1320. The first-order valence-electron chi connectivity index (χ1n) is 10.2. The van der Waals surface area contributed by atoms with Crippen LogP contribution in [0.3, 0.4) is 0 Å². The largest absolute Gasteiger partial charge is 0.495 e. The van der Waals surface area contributed by atoms with E-state index in [4.69, 9.17) is 17.0 Å². The maximum atomic E-state index is 5.49. The first kappa shape index (κ1) is 22.1. The average Bonchev–Trinajstić information content (AvgIpc) is 2.78. The lowest BCUT2D eigenvalue weighted by Gasteiger charge is -2.14. The number of ether oxygens (including phenoxy) is 1. The summed E-state index contributed by atoms with van der Waals surface area (Å²) in [5, 5.41) is 10.7. The van der Waals surface area contributed by atoms with Gasteiger partial charge in [-0.05, 0) is 56.4 Å². The molecule has 9 heteroatoms. The zero-order valence-corrected chi connectivity index (χ0v) is 19.3. The number of hydrogen-bond donors (Lipinski definition) is 3. The summed E-state index contributed by atoms with van der Waals surface area (Å²) >= 11 is 5.49. The second-order valence-electron chi connectivity index (χ2n) is 7.23. The molecule has 33 heavy (non-hydrogen) atoms. The summed E-state index contributed by atoms with van der Waals surface area (Å²) in [7, 11) is 1.60. The Balaban J connectivity index is 1.63. The molecule has 4 rings (SSSR count). The van der Waals surface area contributed by atoms with Crippen LogP contribution in [0, 0.1) is 13.8 Å². The molecular formula is C24H23N7OS. The maximum absolute atomic E-state index is 5.49. The first-order valence-corrected chi connectivity index (χ1v) is 10.6. The van der Waals surface area contributed by atoms with Crippen molar-refractivity contribution in [2.75, 3.05) is 23.1 Å². The number of para-hydroxylation sites is 3. The van der Waals surface area contributed by atoms with Gasteiger partial charge < -0.3 is 15.4 Å². The van der Waals surface area contributed by atoms with Crippen molar-refractivity contribution in [2.24, 2.45) is 4.99 Å². The van der Waals surface area contributed by atoms with Crippen LogP contribution in [0.15, 0.2) is 71.9 Å². The highest BCUT2D eigenvalue weighted by molar-refractivity contribution is 7.80. The number of hydrogen-bond acceptors (Lipinski definition) is 5. The summed E-state index contributed by atoms with van der Waals surface area (Å²) in [5.41, 5.74) is 4.03. The zero-order valence-electron chi connectivity index (χ0n) is 18.5. The van der Waals surface area contributed by atoms with E-state index < -0.39 is 0 Å². The zero-order chi connectivity index (χ0) is 23.2. The van der Waals surface area contributed by atoms with Crippen LogP contribution < -0.4 is 20.7 Å². The van der Waals surface area contributed by atoms with Crippen molar-refractivity contribution in [3.8, 4) is 5.75 Å². The smallest absolute Gasteiger partial charge is 0.229 e. The van der Waals surface area contributed by atoms with Crippen LogP contribution in [0.2, 0.25) is 0 Å². The van der Waals surface area contributed by atoms with Crippen molar-refractivity contribution >= 4 is 51.5 Å². The van der Waals surface area contributed by atoms with Crippen molar-refractivity contribution in [1.29, 1.82) is 0 Å². The number of guanidine groups is 1. The highest BCUT2D eigenvalue weighted by Gasteiger charge is 2.09. The standard InChI is InChI=1S/C24H23N7OS/c1-15-12-16(2)27-22(26-15)30-23(28-18-13-17-8-4-5-9-19(17)25-14-18)31-24(33)29-20-10-6-7-11-21(20)32-3/h4-14H,1-3H3,(H3,26,27,28,29,30,31,33). The van der Waals surface area contributed by atoms with E-state index in [9.17, 15) is 0 Å². The van der Waals surface area contributed by atoms with E-state index in [1.807, 2.05) is 74.5 Å². The average molecular weight is 458 g/mol. The number of anilines is 3. The lowest BCUT2D eigenvalue weighted by Crippen LogP contribution is -2.26. The number of fused-ring (bicyclic) bond motifs is 1. The number of aromatic nitrogens is 3.